The molecule has 0 aliphatic carbocycles. The van der Waals surface area contributed by atoms with Gasteiger partial charge < -0.3 is 15.2 Å². The Morgan fingerprint density at radius 2 is 1.69 bits per heavy atom. The van der Waals surface area contributed by atoms with Gasteiger partial charge in [0.15, 0.2) is 0 Å². The Hall–Kier alpha value is 0.0969. The fraction of sp³-hybridized carbons (Fsp3) is 1.00. The molecule has 0 saturated heterocycles. The molecule has 0 heterocycles. The summed E-state index contributed by atoms with van der Waals surface area (Å²) in [5, 5.41) is 0. The summed E-state index contributed by atoms with van der Waals surface area (Å²) in [6, 6.07) is 0. The first kappa shape index (κ1) is 13.1. The number of ether oxygens (including phenoxy) is 2. The molecule has 0 fully saturated rings. The van der Waals surface area contributed by atoms with Crippen LogP contribution in [0.4, 0.5) is 0 Å². The van der Waals surface area contributed by atoms with Crippen LogP contribution in [-0.2, 0) is 9.47 Å². The van der Waals surface area contributed by atoms with Crippen molar-refractivity contribution in [2.75, 3.05) is 19.8 Å². The molecule has 77 valence electrons. The molecular weight excluding hydrogens is 182 g/mol. The van der Waals surface area contributed by atoms with Gasteiger partial charge in [0.1, 0.15) is 15.7 Å². The Bertz CT molecular complexity index is 116. The summed E-state index contributed by atoms with van der Waals surface area (Å²) in [6.07, 6.45) is 2.86. The van der Waals surface area contributed by atoms with E-state index < -0.39 is 5.41 Å². The summed E-state index contributed by atoms with van der Waals surface area (Å²) >= 11 is 0. The van der Waals surface area contributed by atoms with E-state index in [4.69, 9.17) is 15.2 Å². The first-order chi connectivity index (χ1) is 6.18. The minimum Gasteiger partial charge on any atom is -0.355 e. The molecule has 0 unspecified atom stereocenters. The highest BCUT2D eigenvalue weighted by atomic mass is 28.1. The molecule has 0 aromatic carbocycles. The summed E-state index contributed by atoms with van der Waals surface area (Å²) in [5.41, 5.74) is 4.81. The van der Waals surface area contributed by atoms with E-state index in [1.165, 1.54) is 0 Å². The lowest BCUT2D eigenvalue weighted by Crippen LogP contribution is -2.36. The zero-order chi connectivity index (χ0) is 10.2. The molecule has 3 nitrogen and oxygen atoms in total. The van der Waals surface area contributed by atoms with Crippen LogP contribution in [0, 0.1) is 0 Å². The third kappa shape index (κ3) is 6.21. The van der Waals surface area contributed by atoms with Gasteiger partial charge in [-0.05, 0) is 39.7 Å². The van der Waals surface area contributed by atoms with Crippen LogP contribution in [0.25, 0.3) is 0 Å². The molecule has 0 aliphatic rings. The van der Waals surface area contributed by atoms with Crippen LogP contribution in [0.5, 0.6) is 0 Å². The van der Waals surface area contributed by atoms with Gasteiger partial charge in [-0.15, -0.1) is 0 Å². The average Bonchev–Trinajstić information content (AvgIpc) is 2.05. The first-order valence-corrected chi connectivity index (χ1v) is 5.41. The van der Waals surface area contributed by atoms with Gasteiger partial charge in [0.2, 0.25) is 0 Å². The molecule has 0 saturated carbocycles. The molecule has 0 aliphatic heterocycles. The van der Waals surface area contributed by atoms with E-state index in [0.29, 0.717) is 13.2 Å². The van der Waals surface area contributed by atoms with Gasteiger partial charge in [-0.2, -0.15) is 0 Å². The lowest BCUT2D eigenvalue weighted by Gasteiger charge is -2.29. The molecule has 0 atom stereocenters. The SMILES string of the molecule is CCOC([Si])(CCCCN)OCC. The number of rotatable bonds is 8. The largest absolute Gasteiger partial charge is 0.355 e. The van der Waals surface area contributed by atoms with Gasteiger partial charge in [-0.3, -0.25) is 0 Å². The van der Waals surface area contributed by atoms with Crippen LogP contribution >= 0.6 is 0 Å². The summed E-state index contributed by atoms with van der Waals surface area (Å²) < 4.78 is 10.9. The number of hydrogen-bond acceptors (Lipinski definition) is 3. The van der Waals surface area contributed by atoms with Gasteiger partial charge >= 0.3 is 0 Å². The van der Waals surface area contributed by atoms with E-state index in [-0.39, 0.29) is 0 Å². The maximum absolute atomic E-state index is 5.47. The van der Waals surface area contributed by atoms with Gasteiger partial charge in [0.25, 0.3) is 0 Å². The molecule has 4 heteroatoms. The van der Waals surface area contributed by atoms with Gasteiger partial charge in [0, 0.05) is 13.2 Å². The maximum Gasteiger partial charge on any atom is 0.144 e. The van der Waals surface area contributed by atoms with Crippen molar-refractivity contribution in [2.24, 2.45) is 5.73 Å². The Morgan fingerprint density at radius 1 is 1.15 bits per heavy atom. The van der Waals surface area contributed by atoms with Crippen molar-refractivity contribution in [3.63, 3.8) is 0 Å². The van der Waals surface area contributed by atoms with Crippen molar-refractivity contribution < 1.29 is 9.47 Å². The number of hydrogen-bond donors (Lipinski definition) is 1. The normalized spacial score (nSPS) is 12.0. The molecule has 3 radical (unpaired) electrons. The van der Waals surface area contributed by atoms with Crippen molar-refractivity contribution in [3.8, 4) is 0 Å². The van der Waals surface area contributed by atoms with Crippen LogP contribution < -0.4 is 5.73 Å². The average molecular weight is 202 g/mol. The van der Waals surface area contributed by atoms with Crippen molar-refractivity contribution in [1.29, 1.82) is 0 Å². The fourth-order valence-electron chi connectivity index (χ4n) is 1.15. The first-order valence-electron chi connectivity index (χ1n) is 4.91. The van der Waals surface area contributed by atoms with Crippen molar-refractivity contribution in [3.05, 3.63) is 0 Å². The van der Waals surface area contributed by atoms with Gasteiger partial charge in [-0.25, -0.2) is 0 Å². The van der Waals surface area contributed by atoms with Crippen molar-refractivity contribution in [1.82, 2.24) is 0 Å². The third-order valence-electron chi connectivity index (χ3n) is 1.72. The predicted octanol–water partition coefficient (Wildman–Crippen LogP) is 1.01. The molecular formula is C9H20NO2Si. The van der Waals surface area contributed by atoms with E-state index in [0.717, 1.165) is 25.8 Å². The Balaban J connectivity index is 3.76. The van der Waals surface area contributed by atoms with E-state index >= 15 is 0 Å². The second kappa shape index (κ2) is 7.50. The zero-order valence-corrected chi connectivity index (χ0v) is 9.64. The Labute approximate surface area is 84.4 Å². The standard InChI is InChI=1S/C9H20NO2Si/c1-3-11-9(13,12-4-2)7-5-6-8-10/h3-8,10H2,1-2H3. The highest BCUT2D eigenvalue weighted by Gasteiger charge is 2.23. The monoisotopic (exact) mass is 202 g/mol. The Morgan fingerprint density at radius 3 is 2.08 bits per heavy atom. The molecule has 0 aromatic rings. The van der Waals surface area contributed by atoms with Gasteiger partial charge in [-0.1, -0.05) is 0 Å². The highest BCUT2D eigenvalue weighted by Crippen LogP contribution is 2.16. The van der Waals surface area contributed by atoms with E-state index in [1.807, 2.05) is 13.8 Å². The quantitative estimate of drug-likeness (QED) is 0.363. The summed E-state index contributed by atoms with van der Waals surface area (Å²) in [4.78, 5) is 0. The number of unbranched alkanes of at least 4 members (excludes halogenated alkanes) is 1. The fourth-order valence-corrected chi connectivity index (χ4v) is 1.62. The van der Waals surface area contributed by atoms with Crippen LogP contribution in [0.1, 0.15) is 33.1 Å². The summed E-state index contributed by atoms with van der Waals surface area (Å²) in [7, 11) is 3.50. The highest BCUT2D eigenvalue weighted by molar-refractivity contribution is 6.13. The van der Waals surface area contributed by atoms with E-state index in [2.05, 4.69) is 10.2 Å². The van der Waals surface area contributed by atoms with Crippen molar-refractivity contribution >= 4 is 10.2 Å². The lowest BCUT2D eigenvalue weighted by molar-refractivity contribution is -0.177. The minimum absolute atomic E-state index is 0.599. The molecule has 0 bridgehead atoms. The minimum atomic E-state index is -0.599. The van der Waals surface area contributed by atoms with Crippen molar-refractivity contribution in [2.45, 2.75) is 38.5 Å². The topological polar surface area (TPSA) is 44.5 Å². The zero-order valence-electron chi connectivity index (χ0n) is 8.64. The second-order valence-electron chi connectivity index (χ2n) is 2.86. The lowest BCUT2D eigenvalue weighted by atomic mass is 10.2. The Kier molecular flexibility index (Phi) is 7.55. The van der Waals surface area contributed by atoms with Crippen LogP contribution in [0.15, 0.2) is 0 Å². The molecule has 2 N–H and O–H groups in total. The smallest absolute Gasteiger partial charge is 0.144 e. The number of nitrogens with two attached hydrogens (primary N) is 1. The summed E-state index contributed by atoms with van der Waals surface area (Å²) in [6.45, 7) is 5.92. The van der Waals surface area contributed by atoms with Crippen LogP contribution in [-0.4, -0.2) is 35.4 Å². The molecule has 13 heavy (non-hydrogen) atoms. The second-order valence-corrected chi connectivity index (χ2v) is 3.63. The van der Waals surface area contributed by atoms with Crippen LogP contribution in [0.3, 0.4) is 0 Å². The van der Waals surface area contributed by atoms with Gasteiger partial charge in [0.05, 0.1) is 0 Å². The predicted molar refractivity (Wildman–Crippen MR) is 54.6 cm³/mol. The molecule has 0 spiro atoms. The molecule has 0 amide bonds. The summed E-state index contributed by atoms with van der Waals surface area (Å²) in [5.74, 6) is 0. The van der Waals surface area contributed by atoms with E-state index in [9.17, 15) is 0 Å². The molecule has 0 rings (SSSR count). The molecule has 0 aromatic heterocycles. The van der Waals surface area contributed by atoms with E-state index in [1.54, 1.807) is 0 Å². The maximum atomic E-state index is 5.47. The van der Waals surface area contributed by atoms with Crippen LogP contribution in [0.2, 0.25) is 0 Å². The third-order valence-corrected chi connectivity index (χ3v) is 2.25.